The highest BCUT2D eigenvalue weighted by Gasteiger charge is 1.99. The Morgan fingerprint density at radius 2 is 1.83 bits per heavy atom. The molecule has 0 unspecified atom stereocenters. The van der Waals surface area contributed by atoms with Crippen LogP contribution in [0.15, 0.2) is 24.4 Å². The lowest BCUT2D eigenvalue weighted by Gasteiger charge is -2.21. The van der Waals surface area contributed by atoms with E-state index in [-0.39, 0.29) is 0 Å². The molecule has 0 bridgehead atoms. The van der Waals surface area contributed by atoms with E-state index in [0.717, 1.165) is 19.5 Å². The molecule has 12 heavy (non-hydrogen) atoms. The second-order valence-corrected chi connectivity index (χ2v) is 2.79. The number of nitrogens with zero attached hydrogens (tertiary/aromatic N) is 1. The van der Waals surface area contributed by atoms with Gasteiger partial charge in [-0.15, -0.1) is 0 Å². The Morgan fingerprint density at radius 1 is 1.25 bits per heavy atom. The van der Waals surface area contributed by atoms with Crippen molar-refractivity contribution < 1.29 is 0 Å². The lowest BCUT2D eigenvalue weighted by molar-refractivity contribution is 0.393. The zero-order chi connectivity index (χ0) is 9.40. The maximum absolute atomic E-state index is 3.82. The minimum atomic E-state index is 1.07. The molecule has 0 saturated heterocycles. The van der Waals surface area contributed by atoms with E-state index in [1.54, 1.807) is 0 Å². The summed E-state index contributed by atoms with van der Waals surface area (Å²) in [7, 11) is 0. The van der Waals surface area contributed by atoms with Crippen LogP contribution in [0.2, 0.25) is 0 Å². The molecular weight excluding hydrogens is 146 g/mol. The molecule has 0 spiro atoms. The van der Waals surface area contributed by atoms with Crippen molar-refractivity contribution in [1.82, 2.24) is 4.90 Å². The molecule has 0 fully saturated rings. The van der Waals surface area contributed by atoms with E-state index < -0.39 is 0 Å². The third-order valence-electron chi connectivity index (χ3n) is 1.98. The first kappa shape index (κ1) is 11.3. The van der Waals surface area contributed by atoms with Crippen LogP contribution in [0.4, 0.5) is 0 Å². The lowest BCUT2D eigenvalue weighted by atomic mass is 10.2. The van der Waals surface area contributed by atoms with Gasteiger partial charge in [-0.1, -0.05) is 26.0 Å². The van der Waals surface area contributed by atoms with Crippen molar-refractivity contribution in [2.75, 3.05) is 13.1 Å². The number of likely N-dealkylation sites (N-methyl/N-ethyl adjacent to an activating group) is 1. The Labute approximate surface area is 76.8 Å². The van der Waals surface area contributed by atoms with Crippen molar-refractivity contribution in [2.24, 2.45) is 0 Å². The molecule has 0 saturated carbocycles. The Hall–Kier alpha value is -0.720. The van der Waals surface area contributed by atoms with Gasteiger partial charge < -0.3 is 4.90 Å². The van der Waals surface area contributed by atoms with Crippen molar-refractivity contribution in [1.29, 1.82) is 0 Å². The zero-order valence-corrected chi connectivity index (χ0v) is 8.64. The van der Waals surface area contributed by atoms with Gasteiger partial charge in [0, 0.05) is 18.8 Å². The molecule has 0 amide bonds. The molecule has 1 heteroatoms. The molecule has 0 aliphatic heterocycles. The van der Waals surface area contributed by atoms with E-state index in [9.17, 15) is 0 Å². The van der Waals surface area contributed by atoms with Crippen LogP contribution < -0.4 is 0 Å². The number of rotatable bonds is 6. The van der Waals surface area contributed by atoms with Crippen molar-refractivity contribution in [2.45, 2.75) is 33.6 Å². The summed E-state index contributed by atoms with van der Waals surface area (Å²) in [6.45, 7) is 12.5. The van der Waals surface area contributed by atoms with Gasteiger partial charge in [0.25, 0.3) is 0 Å². The standard InChI is InChI=1S/C11H21N/c1-5-9-10-11(6-2)12(7-3)8-4/h6,10H,2,5,7-9H2,1,3-4H3/b11-10+. The van der Waals surface area contributed by atoms with Crippen LogP contribution in [-0.2, 0) is 0 Å². The van der Waals surface area contributed by atoms with Crippen LogP contribution in [-0.4, -0.2) is 18.0 Å². The first-order valence-corrected chi connectivity index (χ1v) is 4.87. The number of hydrogen-bond acceptors (Lipinski definition) is 1. The number of hydrogen-bond donors (Lipinski definition) is 0. The van der Waals surface area contributed by atoms with E-state index >= 15 is 0 Å². The third-order valence-corrected chi connectivity index (χ3v) is 1.98. The first-order valence-electron chi connectivity index (χ1n) is 4.87. The number of allylic oxidation sites excluding steroid dienone is 2. The Morgan fingerprint density at radius 3 is 2.17 bits per heavy atom. The minimum Gasteiger partial charge on any atom is -0.372 e. The van der Waals surface area contributed by atoms with E-state index in [2.05, 4.69) is 38.3 Å². The number of unbranched alkanes of at least 4 members (excludes halogenated alkanes) is 1. The fraction of sp³-hybridized carbons (Fsp3) is 0.636. The van der Waals surface area contributed by atoms with Crippen LogP contribution in [0.5, 0.6) is 0 Å². The van der Waals surface area contributed by atoms with E-state index in [1.165, 1.54) is 12.1 Å². The van der Waals surface area contributed by atoms with E-state index in [1.807, 2.05) is 6.08 Å². The van der Waals surface area contributed by atoms with Gasteiger partial charge in [-0.3, -0.25) is 0 Å². The summed E-state index contributed by atoms with van der Waals surface area (Å²) in [6.07, 6.45) is 6.57. The largest absolute Gasteiger partial charge is 0.372 e. The maximum Gasteiger partial charge on any atom is 0.0319 e. The second kappa shape index (κ2) is 6.96. The monoisotopic (exact) mass is 167 g/mol. The summed E-state index contributed by atoms with van der Waals surface area (Å²) in [6, 6.07) is 0. The normalized spacial score (nSPS) is 11.4. The van der Waals surface area contributed by atoms with Gasteiger partial charge in [0.15, 0.2) is 0 Å². The molecule has 0 aliphatic carbocycles. The van der Waals surface area contributed by atoms with Crippen LogP contribution in [0.1, 0.15) is 33.6 Å². The predicted octanol–water partition coefficient (Wildman–Crippen LogP) is 3.20. The summed E-state index contributed by atoms with van der Waals surface area (Å²) in [4.78, 5) is 2.32. The summed E-state index contributed by atoms with van der Waals surface area (Å²) in [5.41, 5.74) is 1.28. The summed E-state index contributed by atoms with van der Waals surface area (Å²) in [5, 5.41) is 0. The average Bonchev–Trinajstić information content (AvgIpc) is 2.12. The topological polar surface area (TPSA) is 3.24 Å². The fourth-order valence-electron chi connectivity index (χ4n) is 1.22. The summed E-state index contributed by atoms with van der Waals surface area (Å²) in [5.74, 6) is 0. The predicted molar refractivity (Wildman–Crippen MR) is 56.1 cm³/mol. The van der Waals surface area contributed by atoms with Gasteiger partial charge in [0.1, 0.15) is 0 Å². The fourth-order valence-corrected chi connectivity index (χ4v) is 1.22. The molecule has 0 aliphatic rings. The molecule has 0 atom stereocenters. The first-order chi connectivity index (χ1) is 5.79. The lowest BCUT2D eigenvalue weighted by Crippen LogP contribution is -2.20. The second-order valence-electron chi connectivity index (χ2n) is 2.79. The highest BCUT2D eigenvalue weighted by Crippen LogP contribution is 2.06. The third kappa shape index (κ3) is 3.61. The Bertz CT molecular complexity index is 143. The molecule has 0 N–H and O–H groups in total. The molecular formula is C11H21N. The molecule has 1 nitrogen and oxygen atoms in total. The summed E-state index contributed by atoms with van der Waals surface area (Å²) < 4.78 is 0. The molecule has 0 radical (unpaired) electrons. The molecule has 0 rings (SSSR count). The smallest absolute Gasteiger partial charge is 0.0319 e. The highest BCUT2D eigenvalue weighted by atomic mass is 15.1. The summed E-state index contributed by atoms with van der Waals surface area (Å²) >= 11 is 0. The molecule has 0 heterocycles. The quantitative estimate of drug-likeness (QED) is 0.549. The minimum absolute atomic E-state index is 1.07. The SMILES string of the molecule is C=C/C(=C\CCC)N(CC)CC. The Balaban J connectivity index is 4.19. The molecule has 0 aromatic carbocycles. The van der Waals surface area contributed by atoms with E-state index in [0.29, 0.717) is 0 Å². The van der Waals surface area contributed by atoms with Crippen LogP contribution in [0, 0.1) is 0 Å². The van der Waals surface area contributed by atoms with Crippen LogP contribution >= 0.6 is 0 Å². The van der Waals surface area contributed by atoms with Crippen molar-refractivity contribution in [3.8, 4) is 0 Å². The van der Waals surface area contributed by atoms with Gasteiger partial charge in [0.2, 0.25) is 0 Å². The highest BCUT2D eigenvalue weighted by molar-refractivity contribution is 5.14. The van der Waals surface area contributed by atoms with Crippen LogP contribution in [0.25, 0.3) is 0 Å². The van der Waals surface area contributed by atoms with Gasteiger partial charge in [-0.2, -0.15) is 0 Å². The molecule has 70 valence electrons. The Kier molecular flexibility index (Phi) is 6.54. The van der Waals surface area contributed by atoms with Crippen molar-refractivity contribution >= 4 is 0 Å². The van der Waals surface area contributed by atoms with Gasteiger partial charge in [-0.25, -0.2) is 0 Å². The van der Waals surface area contributed by atoms with E-state index in [4.69, 9.17) is 0 Å². The van der Waals surface area contributed by atoms with Gasteiger partial charge >= 0.3 is 0 Å². The maximum atomic E-state index is 3.82. The van der Waals surface area contributed by atoms with Crippen molar-refractivity contribution in [3.05, 3.63) is 24.4 Å². The van der Waals surface area contributed by atoms with Crippen LogP contribution in [0.3, 0.4) is 0 Å². The molecule has 0 aromatic heterocycles. The van der Waals surface area contributed by atoms with Gasteiger partial charge in [-0.05, 0) is 26.3 Å². The average molecular weight is 167 g/mol. The van der Waals surface area contributed by atoms with Crippen molar-refractivity contribution in [3.63, 3.8) is 0 Å². The molecule has 0 aromatic rings. The van der Waals surface area contributed by atoms with Gasteiger partial charge in [0.05, 0.1) is 0 Å². The zero-order valence-electron chi connectivity index (χ0n) is 8.64.